The summed E-state index contributed by atoms with van der Waals surface area (Å²) in [6.45, 7) is 1.64. The summed E-state index contributed by atoms with van der Waals surface area (Å²) < 4.78 is 26.7. The molecule has 2 aromatic rings. The highest BCUT2D eigenvalue weighted by molar-refractivity contribution is 7.95. The van der Waals surface area contributed by atoms with Gasteiger partial charge in [-0.05, 0) is 41.8 Å². The quantitative estimate of drug-likeness (QED) is 0.876. The third-order valence-corrected chi connectivity index (χ3v) is 4.41. The molecular weight excluding hydrogens is 322 g/mol. The third kappa shape index (κ3) is 4.34. The molecule has 0 bridgehead atoms. The molecule has 2 N–H and O–H groups in total. The summed E-state index contributed by atoms with van der Waals surface area (Å²) in [7, 11) is -3.67. The lowest BCUT2D eigenvalue weighted by Gasteiger charge is -2.09. The molecule has 0 aliphatic rings. The second-order valence-electron chi connectivity index (χ2n) is 4.78. The Morgan fingerprint density at radius 1 is 1.23 bits per heavy atom. The van der Waals surface area contributed by atoms with Gasteiger partial charge in [-0.2, -0.15) is 0 Å². The molecule has 0 radical (unpaired) electrons. The number of halogens is 1. The molecule has 2 aromatic carbocycles. The van der Waals surface area contributed by atoms with Crippen LogP contribution >= 0.6 is 11.6 Å². The van der Waals surface area contributed by atoms with Crippen molar-refractivity contribution in [3.63, 3.8) is 0 Å². The van der Waals surface area contributed by atoms with Gasteiger partial charge in [0.25, 0.3) is 10.0 Å². The Morgan fingerprint density at radius 3 is 2.64 bits per heavy atom. The van der Waals surface area contributed by atoms with E-state index in [0.717, 1.165) is 11.0 Å². The van der Waals surface area contributed by atoms with Gasteiger partial charge >= 0.3 is 0 Å². The first-order valence-corrected chi connectivity index (χ1v) is 8.49. The number of aryl methyl sites for hydroxylation is 1. The number of hydrogen-bond acceptors (Lipinski definition) is 3. The van der Waals surface area contributed by atoms with Gasteiger partial charge < -0.3 is 5.11 Å². The Labute approximate surface area is 135 Å². The van der Waals surface area contributed by atoms with E-state index in [4.69, 9.17) is 16.7 Å². The average molecular weight is 338 g/mol. The maximum Gasteiger partial charge on any atom is 0.255 e. The minimum atomic E-state index is -3.67. The van der Waals surface area contributed by atoms with Gasteiger partial charge in [0, 0.05) is 5.02 Å². The highest BCUT2D eigenvalue weighted by atomic mass is 35.5. The van der Waals surface area contributed by atoms with E-state index >= 15 is 0 Å². The molecule has 6 heteroatoms. The summed E-state index contributed by atoms with van der Waals surface area (Å²) in [5, 5.41) is 10.7. The molecule has 0 spiro atoms. The summed E-state index contributed by atoms with van der Waals surface area (Å²) in [6, 6.07) is 12.1. The van der Waals surface area contributed by atoms with Crippen LogP contribution in [0.15, 0.2) is 47.9 Å². The number of nitrogens with one attached hydrogen (secondary N) is 1. The summed E-state index contributed by atoms with van der Waals surface area (Å²) in [4.78, 5) is 0. The fourth-order valence-electron chi connectivity index (χ4n) is 1.84. The lowest BCUT2D eigenvalue weighted by Crippen LogP contribution is -2.10. The minimum Gasteiger partial charge on any atom is -0.392 e. The van der Waals surface area contributed by atoms with Crippen LogP contribution in [0.3, 0.4) is 0 Å². The highest BCUT2D eigenvalue weighted by Crippen LogP contribution is 2.20. The molecule has 0 fully saturated rings. The molecule has 0 saturated carbocycles. The van der Waals surface area contributed by atoms with E-state index in [1.807, 2.05) is 0 Å². The molecule has 0 amide bonds. The molecule has 0 saturated heterocycles. The van der Waals surface area contributed by atoms with Gasteiger partial charge in [0.2, 0.25) is 0 Å². The number of aliphatic hydroxyl groups excluding tert-OH is 1. The van der Waals surface area contributed by atoms with Crippen LogP contribution in [0.4, 0.5) is 5.69 Å². The molecular formula is C16H16ClNO3S. The number of aliphatic hydroxyl groups is 1. The molecule has 4 nitrogen and oxygen atoms in total. The molecule has 0 atom stereocenters. The van der Waals surface area contributed by atoms with Gasteiger partial charge in [0.1, 0.15) is 0 Å². The van der Waals surface area contributed by atoms with Crippen molar-refractivity contribution < 1.29 is 13.5 Å². The van der Waals surface area contributed by atoms with E-state index < -0.39 is 10.0 Å². The van der Waals surface area contributed by atoms with E-state index in [9.17, 15) is 8.42 Å². The molecule has 0 aliphatic carbocycles. The summed E-state index contributed by atoms with van der Waals surface area (Å²) in [6.07, 6.45) is 1.44. The van der Waals surface area contributed by atoms with Gasteiger partial charge in [0.05, 0.1) is 17.7 Å². The third-order valence-electron chi connectivity index (χ3n) is 3.07. The normalized spacial score (nSPS) is 11.8. The van der Waals surface area contributed by atoms with Crippen molar-refractivity contribution in [2.75, 3.05) is 4.72 Å². The van der Waals surface area contributed by atoms with Crippen molar-refractivity contribution in [3.8, 4) is 0 Å². The number of sulfonamides is 1. The van der Waals surface area contributed by atoms with Crippen LogP contribution in [-0.2, 0) is 16.6 Å². The van der Waals surface area contributed by atoms with Crippen molar-refractivity contribution in [2.45, 2.75) is 13.5 Å². The smallest absolute Gasteiger partial charge is 0.255 e. The Balaban J connectivity index is 2.23. The van der Waals surface area contributed by atoms with Crippen LogP contribution in [0.25, 0.3) is 6.08 Å². The van der Waals surface area contributed by atoms with Crippen molar-refractivity contribution in [3.05, 3.63) is 69.6 Å². The van der Waals surface area contributed by atoms with Crippen LogP contribution in [0.2, 0.25) is 5.02 Å². The predicted octanol–water partition coefficient (Wildman–Crippen LogP) is 3.55. The second kappa shape index (κ2) is 6.96. The first-order chi connectivity index (χ1) is 10.4. The zero-order valence-electron chi connectivity index (χ0n) is 12.0. The first kappa shape index (κ1) is 16.5. The van der Waals surface area contributed by atoms with E-state index in [-0.39, 0.29) is 6.61 Å². The van der Waals surface area contributed by atoms with Crippen LogP contribution in [-0.4, -0.2) is 13.5 Å². The minimum absolute atomic E-state index is 0.148. The van der Waals surface area contributed by atoms with E-state index in [0.29, 0.717) is 21.8 Å². The predicted molar refractivity (Wildman–Crippen MR) is 90.1 cm³/mol. The van der Waals surface area contributed by atoms with Gasteiger partial charge in [-0.25, -0.2) is 8.42 Å². The monoisotopic (exact) mass is 337 g/mol. The molecule has 0 heterocycles. The molecule has 2 rings (SSSR count). The van der Waals surface area contributed by atoms with Gasteiger partial charge in [-0.15, -0.1) is 0 Å². The Morgan fingerprint density at radius 2 is 1.95 bits per heavy atom. The van der Waals surface area contributed by atoms with Crippen LogP contribution < -0.4 is 4.72 Å². The zero-order valence-corrected chi connectivity index (χ0v) is 13.5. The Kier molecular flexibility index (Phi) is 5.24. The zero-order chi connectivity index (χ0) is 16.2. The maximum atomic E-state index is 12.1. The van der Waals surface area contributed by atoms with Crippen molar-refractivity contribution in [2.24, 2.45) is 0 Å². The lowest BCUT2D eigenvalue weighted by molar-refractivity contribution is 0.282. The molecule has 22 heavy (non-hydrogen) atoms. The lowest BCUT2D eigenvalue weighted by atomic mass is 10.1. The topological polar surface area (TPSA) is 66.4 Å². The standard InChI is InChI=1S/C16H16ClNO3S/c1-12-6-7-13(11-19)10-16(12)18-22(20,21)9-8-14-4-2-3-5-15(14)17/h2-10,18-19H,11H2,1H3/b9-8+. The van der Waals surface area contributed by atoms with Crippen LogP contribution in [0, 0.1) is 6.92 Å². The number of benzene rings is 2. The number of hydrogen-bond donors (Lipinski definition) is 2. The molecule has 0 aromatic heterocycles. The average Bonchev–Trinajstić information content (AvgIpc) is 2.48. The van der Waals surface area contributed by atoms with E-state index in [2.05, 4.69) is 4.72 Å². The summed E-state index contributed by atoms with van der Waals surface area (Å²) in [5.41, 5.74) is 2.47. The SMILES string of the molecule is Cc1ccc(CO)cc1NS(=O)(=O)/C=C/c1ccccc1Cl. The fourth-order valence-corrected chi connectivity index (χ4v) is 2.96. The van der Waals surface area contributed by atoms with Crippen molar-refractivity contribution in [1.82, 2.24) is 0 Å². The van der Waals surface area contributed by atoms with Crippen LogP contribution in [0.1, 0.15) is 16.7 Å². The summed E-state index contributed by atoms with van der Waals surface area (Å²) >= 11 is 5.98. The van der Waals surface area contributed by atoms with Crippen LogP contribution in [0.5, 0.6) is 0 Å². The van der Waals surface area contributed by atoms with Gasteiger partial charge in [-0.3, -0.25) is 4.72 Å². The molecule has 0 unspecified atom stereocenters. The highest BCUT2D eigenvalue weighted by Gasteiger charge is 2.09. The van der Waals surface area contributed by atoms with Gasteiger partial charge in [0.15, 0.2) is 0 Å². The maximum absolute atomic E-state index is 12.1. The molecule has 116 valence electrons. The largest absolute Gasteiger partial charge is 0.392 e. The van der Waals surface area contributed by atoms with E-state index in [1.54, 1.807) is 49.4 Å². The van der Waals surface area contributed by atoms with E-state index in [1.165, 1.54) is 6.08 Å². The first-order valence-electron chi connectivity index (χ1n) is 6.57. The summed E-state index contributed by atoms with van der Waals surface area (Å²) in [5.74, 6) is 0. The number of rotatable bonds is 5. The van der Waals surface area contributed by atoms with Gasteiger partial charge in [-0.1, -0.05) is 41.9 Å². The molecule has 0 aliphatic heterocycles. The Bertz CT molecular complexity index is 801. The Hall–Kier alpha value is -1.82. The number of anilines is 1. The van der Waals surface area contributed by atoms with Crippen molar-refractivity contribution in [1.29, 1.82) is 0 Å². The fraction of sp³-hybridized carbons (Fsp3) is 0.125. The van der Waals surface area contributed by atoms with Crippen molar-refractivity contribution >= 4 is 33.4 Å². The second-order valence-corrected chi connectivity index (χ2v) is 6.75.